The standard InChI is InChI=1S/C48H59FN2O10/c1-7-24-58-48-43(51(46(55)57-6)29-31-14-16-34(49)17-15-31)28-40(50-61-47(2,3)4)38-26-32(12-8-10-22-52)37(13-9-11-23-53)44(45(38)48)39-27-36(19-21-42(39)60-48)59-35-18-20-41(56-5)33(25-35)30-54/h7,14-21,25-27,30,32,37,43-45,52-53H,1,8-13,22-24,28-29H2,2-6H3. The number of ether oxygens (including phenoxy) is 5. The molecule has 1 aliphatic heterocycles. The van der Waals surface area contributed by atoms with Crippen molar-refractivity contribution >= 4 is 18.1 Å². The van der Waals surface area contributed by atoms with Crippen LogP contribution in [0, 0.1) is 23.6 Å². The van der Waals surface area contributed by atoms with Gasteiger partial charge in [-0.2, -0.15) is 0 Å². The second kappa shape index (κ2) is 20.1. The van der Waals surface area contributed by atoms with E-state index >= 15 is 0 Å². The number of hydrogen-bond acceptors (Lipinski definition) is 11. The van der Waals surface area contributed by atoms with Gasteiger partial charge in [0.05, 0.1) is 38.0 Å². The zero-order chi connectivity index (χ0) is 43.7. The first kappa shape index (κ1) is 45.3. The fourth-order valence-corrected chi connectivity index (χ4v) is 9.11. The number of nitrogens with zero attached hydrogens (tertiary/aromatic N) is 2. The van der Waals surface area contributed by atoms with E-state index in [1.54, 1.807) is 47.4 Å². The summed E-state index contributed by atoms with van der Waals surface area (Å²) in [7, 11) is 2.82. The lowest BCUT2D eigenvalue weighted by Gasteiger charge is -2.59. The van der Waals surface area contributed by atoms with Gasteiger partial charge in [0.1, 0.15) is 40.5 Å². The van der Waals surface area contributed by atoms with Crippen molar-refractivity contribution in [3.05, 3.63) is 107 Å². The number of oxime groups is 1. The van der Waals surface area contributed by atoms with Crippen molar-refractivity contribution in [3.63, 3.8) is 0 Å². The molecular weight excluding hydrogens is 784 g/mol. The Bertz CT molecular complexity index is 2060. The molecule has 0 saturated heterocycles. The van der Waals surface area contributed by atoms with Gasteiger partial charge in [-0.25, -0.2) is 9.18 Å². The number of aliphatic hydroxyl groups is 2. The lowest BCUT2D eigenvalue weighted by molar-refractivity contribution is -0.256. The Balaban J connectivity index is 1.61. The van der Waals surface area contributed by atoms with Crippen molar-refractivity contribution in [2.75, 3.05) is 34.0 Å². The number of unbranched alkanes of at least 4 members (excludes halogenated alkanes) is 2. The Hall–Kier alpha value is -5.24. The summed E-state index contributed by atoms with van der Waals surface area (Å²) in [6.07, 6.45) is 8.44. The number of rotatable bonds is 19. The summed E-state index contributed by atoms with van der Waals surface area (Å²) in [5, 5.41) is 24.7. The molecule has 0 bridgehead atoms. The minimum atomic E-state index is -1.53. The van der Waals surface area contributed by atoms with E-state index in [9.17, 15) is 24.2 Å². The van der Waals surface area contributed by atoms with Gasteiger partial charge in [0, 0.05) is 37.7 Å². The van der Waals surface area contributed by atoms with E-state index in [-0.39, 0.29) is 50.5 Å². The first-order chi connectivity index (χ1) is 29.4. The van der Waals surface area contributed by atoms with Crippen LogP contribution in [0.1, 0.15) is 93.1 Å². The number of allylic oxidation sites excluding steroid dienone is 1. The SMILES string of the molecule is C=CCOC12Oc3ccc(Oc4ccc(OC)c(C=O)c4)cc3C3C(CCCCO)C(CCCCO)C=C(C(=NOC(C)(C)C)CC1N(Cc1ccc(F)cc1)C(=O)OC)C32. The Kier molecular flexibility index (Phi) is 14.9. The molecular formula is C48H59FN2O10. The number of hydrogen-bond donors (Lipinski definition) is 2. The Morgan fingerprint density at radius 1 is 1.00 bits per heavy atom. The van der Waals surface area contributed by atoms with Crippen LogP contribution in [-0.4, -0.2) is 84.7 Å². The molecule has 3 aromatic carbocycles. The summed E-state index contributed by atoms with van der Waals surface area (Å²) >= 11 is 0. The fraction of sp³-hybridized carbons (Fsp3) is 0.479. The third-order valence-electron chi connectivity index (χ3n) is 11.7. The minimum Gasteiger partial charge on any atom is -0.496 e. The molecule has 1 fully saturated rings. The number of aldehydes is 1. The summed E-state index contributed by atoms with van der Waals surface area (Å²) in [6.45, 7) is 9.97. The number of carbonyl (C=O) groups excluding carboxylic acids is 2. The molecule has 3 aliphatic rings. The van der Waals surface area contributed by atoms with Crippen LogP contribution >= 0.6 is 0 Å². The minimum absolute atomic E-state index is 0.0122. The average Bonchev–Trinajstić information content (AvgIpc) is 3.25. The molecule has 0 spiro atoms. The number of halogens is 1. The molecule has 2 aliphatic carbocycles. The maximum Gasteiger partial charge on any atom is 0.410 e. The van der Waals surface area contributed by atoms with Crippen LogP contribution in [0.2, 0.25) is 0 Å². The largest absolute Gasteiger partial charge is 0.496 e. The van der Waals surface area contributed by atoms with Crippen molar-refractivity contribution in [1.82, 2.24) is 4.90 Å². The van der Waals surface area contributed by atoms with Crippen molar-refractivity contribution in [2.45, 2.75) is 95.6 Å². The van der Waals surface area contributed by atoms with Crippen LogP contribution < -0.4 is 14.2 Å². The van der Waals surface area contributed by atoms with E-state index in [1.165, 1.54) is 26.4 Å². The molecule has 0 radical (unpaired) electrons. The fourth-order valence-electron chi connectivity index (χ4n) is 9.11. The van der Waals surface area contributed by atoms with Gasteiger partial charge >= 0.3 is 6.09 Å². The van der Waals surface area contributed by atoms with Gasteiger partial charge in [-0.15, -0.1) is 6.58 Å². The van der Waals surface area contributed by atoms with Crippen molar-refractivity contribution in [1.29, 1.82) is 0 Å². The van der Waals surface area contributed by atoms with Gasteiger partial charge < -0.3 is 38.7 Å². The summed E-state index contributed by atoms with van der Waals surface area (Å²) in [4.78, 5) is 33.8. The number of carbonyl (C=O) groups is 2. The van der Waals surface area contributed by atoms with Gasteiger partial charge in [-0.1, -0.05) is 42.3 Å². The quantitative estimate of drug-likeness (QED) is 0.0519. The third-order valence-corrected chi connectivity index (χ3v) is 11.7. The van der Waals surface area contributed by atoms with Gasteiger partial charge in [-0.05, 0) is 118 Å². The van der Waals surface area contributed by atoms with E-state index in [0.29, 0.717) is 59.0 Å². The smallest absolute Gasteiger partial charge is 0.410 e. The molecule has 1 amide bonds. The van der Waals surface area contributed by atoms with Gasteiger partial charge in [-0.3, -0.25) is 9.69 Å². The highest BCUT2D eigenvalue weighted by atomic mass is 19.1. The number of methoxy groups -OCH3 is 2. The van der Waals surface area contributed by atoms with Crippen LogP contribution in [0.4, 0.5) is 9.18 Å². The zero-order valence-electron chi connectivity index (χ0n) is 35.8. The molecule has 1 saturated carbocycles. The first-order valence-electron chi connectivity index (χ1n) is 21.1. The number of aliphatic hydroxyl groups excluding tert-OH is 2. The van der Waals surface area contributed by atoms with Crippen LogP contribution in [-0.2, 0) is 20.9 Å². The highest BCUT2D eigenvalue weighted by Crippen LogP contribution is 2.62. The van der Waals surface area contributed by atoms with E-state index in [0.717, 1.165) is 36.8 Å². The van der Waals surface area contributed by atoms with Crippen LogP contribution in [0.15, 0.2) is 90.1 Å². The molecule has 2 N–H and O–H groups in total. The van der Waals surface area contributed by atoms with Gasteiger partial charge in [0.2, 0.25) is 5.79 Å². The summed E-state index contributed by atoms with van der Waals surface area (Å²) in [5.41, 5.74) is 2.71. The van der Waals surface area contributed by atoms with Crippen LogP contribution in [0.5, 0.6) is 23.0 Å². The second-order valence-electron chi connectivity index (χ2n) is 16.8. The molecule has 61 heavy (non-hydrogen) atoms. The number of benzene rings is 3. The molecule has 0 aromatic heterocycles. The number of amides is 1. The molecule has 13 heteroatoms. The Labute approximate surface area is 357 Å². The molecule has 1 heterocycles. The van der Waals surface area contributed by atoms with E-state index in [1.807, 2.05) is 32.9 Å². The molecule has 3 aromatic rings. The summed E-state index contributed by atoms with van der Waals surface area (Å²) < 4.78 is 45.7. The van der Waals surface area contributed by atoms with Crippen molar-refractivity contribution < 1.29 is 52.7 Å². The molecule has 328 valence electrons. The molecule has 12 nitrogen and oxygen atoms in total. The van der Waals surface area contributed by atoms with Gasteiger partial charge in [0.25, 0.3) is 0 Å². The maximum absolute atomic E-state index is 14.2. The lowest BCUT2D eigenvalue weighted by atomic mass is 9.55. The molecule has 6 rings (SSSR count). The van der Waals surface area contributed by atoms with Crippen molar-refractivity contribution in [3.8, 4) is 23.0 Å². The maximum atomic E-state index is 14.2. The van der Waals surface area contributed by atoms with Gasteiger partial charge in [0.15, 0.2) is 6.29 Å². The predicted molar refractivity (Wildman–Crippen MR) is 229 cm³/mol. The topological polar surface area (TPSA) is 146 Å². The Morgan fingerprint density at radius 2 is 1.70 bits per heavy atom. The summed E-state index contributed by atoms with van der Waals surface area (Å²) in [5.74, 6) is -0.935. The van der Waals surface area contributed by atoms with Crippen molar-refractivity contribution in [2.24, 2.45) is 22.9 Å². The van der Waals surface area contributed by atoms with Crippen LogP contribution in [0.3, 0.4) is 0 Å². The zero-order valence-corrected chi connectivity index (χ0v) is 35.8. The number of fused-ring (bicyclic) bond motifs is 2. The van der Waals surface area contributed by atoms with E-state index in [4.69, 9.17) is 33.7 Å². The molecule has 6 atom stereocenters. The monoisotopic (exact) mass is 842 g/mol. The van der Waals surface area contributed by atoms with E-state index in [2.05, 4.69) is 12.7 Å². The predicted octanol–water partition coefficient (Wildman–Crippen LogP) is 9.14. The highest BCUT2D eigenvalue weighted by Gasteiger charge is 2.65. The summed E-state index contributed by atoms with van der Waals surface area (Å²) in [6, 6.07) is 15.8. The van der Waals surface area contributed by atoms with E-state index < -0.39 is 35.3 Å². The third kappa shape index (κ3) is 10.1. The average molecular weight is 843 g/mol. The Morgan fingerprint density at radius 3 is 2.36 bits per heavy atom. The normalized spacial score (nSPS) is 23.4. The van der Waals surface area contributed by atoms with Crippen LogP contribution in [0.25, 0.3) is 0 Å². The highest BCUT2D eigenvalue weighted by molar-refractivity contribution is 6.03. The molecule has 6 unspecified atom stereocenters. The lowest BCUT2D eigenvalue weighted by Crippen LogP contribution is -2.70. The first-order valence-corrected chi connectivity index (χ1v) is 21.1. The second-order valence-corrected chi connectivity index (χ2v) is 16.8.